The molecule has 0 aromatic heterocycles. The molecular weight excluding hydrogens is 281 g/mol. The van der Waals surface area contributed by atoms with E-state index in [1.807, 2.05) is 25.3 Å². The van der Waals surface area contributed by atoms with Gasteiger partial charge in [0.05, 0.1) is 5.69 Å². The molecule has 0 saturated heterocycles. The maximum Gasteiger partial charge on any atom is 0.0545 e. The highest BCUT2D eigenvalue weighted by molar-refractivity contribution is 14.2. The smallest absolute Gasteiger partial charge is 0.0545 e. The standard InChI is InChI=1S/C9H10INS/c1-3-8-6-4-5-7-9(8)11(2)12-10/h3-7H,1H2,2H3. The zero-order chi connectivity index (χ0) is 8.97. The van der Waals surface area contributed by atoms with E-state index < -0.39 is 0 Å². The lowest BCUT2D eigenvalue weighted by atomic mass is 10.2. The van der Waals surface area contributed by atoms with Crippen molar-refractivity contribution in [1.29, 1.82) is 0 Å². The Kier molecular flexibility index (Phi) is 3.94. The lowest BCUT2D eigenvalue weighted by molar-refractivity contribution is 1.36. The van der Waals surface area contributed by atoms with Crippen LogP contribution in [-0.2, 0) is 0 Å². The van der Waals surface area contributed by atoms with Crippen molar-refractivity contribution in [2.45, 2.75) is 0 Å². The molecule has 0 bridgehead atoms. The molecule has 64 valence electrons. The molecule has 0 aliphatic rings. The molecule has 0 saturated carbocycles. The topological polar surface area (TPSA) is 3.24 Å². The third kappa shape index (κ3) is 2.17. The summed E-state index contributed by atoms with van der Waals surface area (Å²) in [7, 11) is 3.70. The molecule has 0 atom stereocenters. The van der Waals surface area contributed by atoms with Gasteiger partial charge in [0.25, 0.3) is 0 Å². The van der Waals surface area contributed by atoms with Gasteiger partial charge in [0.1, 0.15) is 0 Å². The maximum atomic E-state index is 3.77. The molecule has 1 nitrogen and oxygen atoms in total. The normalized spacial score (nSPS) is 9.50. The fraction of sp³-hybridized carbons (Fsp3) is 0.111. The largest absolute Gasteiger partial charge is 0.310 e. The molecule has 0 fully saturated rings. The van der Waals surface area contributed by atoms with Crippen molar-refractivity contribution in [3.63, 3.8) is 0 Å². The van der Waals surface area contributed by atoms with Crippen molar-refractivity contribution in [2.75, 3.05) is 11.4 Å². The van der Waals surface area contributed by atoms with Gasteiger partial charge in [0.15, 0.2) is 0 Å². The van der Waals surface area contributed by atoms with Crippen LogP contribution in [0.1, 0.15) is 5.56 Å². The summed E-state index contributed by atoms with van der Waals surface area (Å²) < 4.78 is 2.11. The molecule has 1 aromatic rings. The van der Waals surface area contributed by atoms with Gasteiger partial charge in [-0.05, 0) is 11.6 Å². The van der Waals surface area contributed by atoms with E-state index in [-0.39, 0.29) is 0 Å². The number of para-hydroxylation sites is 1. The number of anilines is 1. The van der Waals surface area contributed by atoms with Crippen molar-refractivity contribution in [1.82, 2.24) is 0 Å². The summed E-state index contributed by atoms with van der Waals surface area (Å²) in [6.45, 7) is 3.77. The predicted molar refractivity (Wildman–Crippen MR) is 66.5 cm³/mol. The van der Waals surface area contributed by atoms with Crippen LogP contribution >= 0.6 is 30.3 Å². The van der Waals surface area contributed by atoms with Crippen LogP contribution in [0.2, 0.25) is 0 Å². The van der Waals surface area contributed by atoms with Gasteiger partial charge in [-0.2, -0.15) is 0 Å². The first-order chi connectivity index (χ1) is 5.79. The van der Waals surface area contributed by atoms with Crippen LogP contribution in [0.15, 0.2) is 30.8 Å². The molecule has 3 heteroatoms. The zero-order valence-corrected chi connectivity index (χ0v) is 9.80. The first-order valence-corrected chi connectivity index (χ1v) is 6.85. The minimum absolute atomic E-state index is 1.17. The zero-order valence-electron chi connectivity index (χ0n) is 6.83. The molecule has 1 rings (SSSR count). The number of rotatable bonds is 3. The van der Waals surface area contributed by atoms with E-state index in [9.17, 15) is 0 Å². The van der Waals surface area contributed by atoms with E-state index >= 15 is 0 Å². The quantitative estimate of drug-likeness (QED) is 0.616. The Morgan fingerprint density at radius 1 is 1.50 bits per heavy atom. The van der Waals surface area contributed by atoms with Crippen molar-refractivity contribution in [3.8, 4) is 0 Å². The molecule has 1 aromatic carbocycles. The average Bonchev–Trinajstić information content (AvgIpc) is 2.16. The third-order valence-corrected chi connectivity index (χ3v) is 3.78. The number of nitrogens with zero attached hydrogens (tertiary/aromatic N) is 1. The fourth-order valence-corrected chi connectivity index (χ4v) is 1.86. The van der Waals surface area contributed by atoms with Crippen LogP contribution in [0, 0.1) is 0 Å². The summed E-state index contributed by atoms with van der Waals surface area (Å²) in [5.41, 5.74) is 2.37. The van der Waals surface area contributed by atoms with Gasteiger partial charge in [-0.25, -0.2) is 0 Å². The van der Waals surface area contributed by atoms with Crippen molar-refractivity contribution < 1.29 is 0 Å². The predicted octanol–water partition coefficient (Wildman–Crippen LogP) is 3.76. The summed E-state index contributed by atoms with van der Waals surface area (Å²) in [5, 5.41) is 0. The number of halogens is 1. The van der Waals surface area contributed by atoms with Crippen LogP contribution in [0.3, 0.4) is 0 Å². The van der Waals surface area contributed by atoms with Crippen LogP contribution < -0.4 is 4.31 Å². The molecule has 12 heavy (non-hydrogen) atoms. The molecule has 0 unspecified atom stereocenters. The average molecular weight is 291 g/mol. The SMILES string of the molecule is C=Cc1ccccc1N(C)SI. The first kappa shape index (κ1) is 9.92. The van der Waals surface area contributed by atoms with E-state index in [4.69, 9.17) is 0 Å². The highest BCUT2D eigenvalue weighted by Gasteiger charge is 2.02. The third-order valence-electron chi connectivity index (χ3n) is 1.60. The lowest BCUT2D eigenvalue weighted by Gasteiger charge is -2.16. The van der Waals surface area contributed by atoms with Crippen LogP contribution in [0.25, 0.3) is 6.08 Å². The Morgan fingerprint density at radius 3 is 2.75 bits per heavy atom. The highest BCUT2D eigenvalue weighted by atomic mass is 127. The Bertz CT molecular complexity index is 275. The second-order valence-electron chi connectivity index (χ2n) is 2.33. The number of benzene rings is 1. The van der Waals surface area contributed by atoms with Gasteiger partial charge >= 0.3 is 0 Å². The van der Waals surface area contributed by atoms with Gasteiger partial charge in [-0.3, -0.25) is 0 Å². The summed E-state index contributed by atoms with van der Waals surface area (Å²) in [5.74, 6) is 0. The van der Waals surface area contributed by atoms with Crippen LogP contribution in [0.5, 0.6) is 0 Å². The van der Waals surface area contributed by atoms with Crippen molar-refractivity contribution in [3.05, 3.63) is 36.4 Å². The van der Waals surface area contributed by atoms with Gasteiger partial charge in [0, 0.05) is 37.4 Å². The Balaban J connectivity index is 3.04. The van der Waals surface area contributed by atoms with E-state index in [0.29, 0.717) is 0 Å². The Labute approximate surface area is 89.6 Å². The van der Waals surface area contributed by atoms with Crippen molar-refractivity contribution in [2.24, 2.45) is 0 Å². The summed E-state index contributed by atoms with van der Waals surface area (Å²) >= 11 is 2.26. The van der Waals surface area contributed by atoms with Gasteiger partial charge < -0.3 is 4.31 Å². The van der Waals surface area contributed by atoms with E-state index in [0.717, 1.165) is 0 Å². The Hall–Kier alpha value is -0.160. The number of hydrogen-bond acceptors (Lipinski definition) is 2. The summed E-state index contributed by atoms with van der Waals surface area (Å²) in [6.07, 6.45) is 1.87. The van der Waals surface area contributed by atoms with Gasteiger partial charge in [-0.1, -0.05) is 30.9 Å². The van der Waals surface area contributed by atoms with E-state index in [1.165, 1.54) is 11.3 Å². The molecule has 0 aliphatic heterocycles. The molecule has 0 spiro atoms. The van der Waals surface area contributed by atoms with Gasteiger partial charge in [-0.15, -0.1) is 0 Å². The highest BCUT2D eigenvalue weighted by Crippen LogP contribution is 2.28. The molecular formula is C9H10INS. The van der Waals surface area contributed by atoms with Crippen LogP contribution in [0.4, 0.5) is 5.69 Å². The van der Waals surface area contributed by atoms with E-state index in [2.05, 4.69) is 44.2 Å². The first-order valence-electron chi connectivity index (χ1n) is 3.53. The van der Waals surface area contributed by atoms with E-state index in [1.54, 1.807) is 9.12 Å². The molecule has 0 heterocycles. The second kappa shape index (κ2) is 4.77. The van der Waals surface area contributed by atoms with Crippen molar-refractivity contribution >= 4 is 42.1 Å². The molecule has 0 amide bonds. The summed E-state index contributed by atoms with van der Waals surface area (Å²) in [4.78, 5) is 0. The maximum absolute atomic E-state index is 3.77. The molecule has 0 radical (unpaired) electrons. The summed E-state index contributed by atoms with van der Waals surface area (Å²) in [6, 6.07) is 8.20. The Morgan fingerprint density at radius 2 is 2.17 bits per heavy atom. The van der Waals surface area contributed by atoms with Crippen LogP contribution in [-0.4, -0.2) is 7.05 Å². The lowest BCUT2D eigenvalue weighted by Crippen LogP contribution is -2.04. The number of hydrogen-bond donors (Lipinski definition) is 0. The fourth-order valence-electron chi connectivity index (χ4n) is 0.984. The minimum atomic E-state index is 1.17. The monoisotopic (exact) mass is 291 g/mol. The molecule has 0 aliphatic carbocycles. The molecule has 0 N–H and O–H groups in total. The minimum Gasteiger partial charge on any atom is -0.310 e. The van der Waals surface area contributed by atoms with Gasteiger partial charge in [0.2, 0.25) is 0 Å². The second-order valence-corrected chi connectivity index (χ2v) is 4.20.